The Labute approximate surface area is 94.5 Å². The van der Waals surface area contributed by atoms with E-state index in [1.165, 1.54) is 38.5 Å². The second kappa shape index (κ2) is 6.49. The van der Waals surface area contributed by atoms with Gasteiger partial charge in [0.05, 0.1) is 0 Å². The molecule has 0 aromatic rings. The van der Waals surface area contributed by atoms with Crippen LogP contribution in [0.4, 0.5) is 0 Å². The minimum atomic E-state index is 0.260. The van der Waals surface area contributed by atoms with Gasteiger partial charge >= 0.3 is 0 Å². The molecule has 2 nitrogen and oxygen atoms in total. The van der Waals surface area contributed by atoms with E-state index in [2.05, 4.69) is 19.2 Å². The maximum Gasteiger partial charge on any atom is 0.0448 e. The van der Waals surface area contributed by atoms with E-state index in [1.54, 1.807) is 0 Å². The van der Waals surface area contributed by atoms with Gasteiger partial charge in [-0.3, -0.25) is 0 Å². The molecule has 0 aromatic carbocycles. The fourth-order valence-corrected chi connectivity index (χ4v) is 2.76. The number of nitrogens with one attached hydrogen (secondary N) is 1. The van der Waals surface area contributed by atoms with E-state index in [1.807, 2.05) is 0 Å². The van der Waals surface area contributed by atoms with Gasteiger partial charge in [0.1, 0.15) is 0 Å². The molecule has 1 aliphatic rings. The van der Waals surface area contributed by atoms with Gasteiger partial charge in [-0.25, -0.2) is 0 Å². The van der Waals surface area contributed by atoms with E-state index in [9.17, 15) is 0 Å². The van der Waals surface area contributed by atoms with Crippen molar-refractivity contribution >= 4 is 0 Å². The van der Waals surface area contributed by atoms with Crippen LogP contribution in [0.15, 0.2) is 0 Å². The lowest BCUT2D eigenvalue weighted by Gasteiger charge is -2.41. The highest BCUT2D eigenvalue weighted by Gasteiger charge is 2.33. The molecule has 15 heavy (non-hydrogen) atoms. The third kappa shape index (κ3) is 3.76. The van der Waals surface area contributed by atoms with Crippen molar-refractivity contribution in [3.8, 4) is 0 Å². The summed E-state index contributed by atoms with van der Waals surface area (Å²) in [6, 6.07) is 0. The second-order valence-electron chi connectivity index (χ2n) is 5.03. The maximum absolute atomic E-state index is 9.17. The quantitative estimate of drug-likeness (QED) is 0.711. The number of hydrogen-bond donors (Lipinski definition) is 2. The van der Waals surface area contributed by atoms with Gasteiger partial charge < -0.3 is 10.4 Å². The average Bonchev–Trinajstić information content (AvgIpc) is 2.28. The van der Waals surface area contributed by atoms with Crippen molar-refractivity contribution in [3.05, 3.63) is 0 Å². The van der Waals surface area contributed by atoms with E-state index >= 15 is 0 Å². The molecule has 0 atom stereocenters. The average molecular weight is 213 g/mol. The first kappa shape index (κ1) is 13.0. The Morgan fingerprint density at radius 1 is 1.27 bits per heavy atom. The summed E-state index contributed by atoms with van der Waals surface area (Å²) in [4.78, 5) is 0. The first-order valence-electron chi connectivity index (χ1n) is 6.62. The number of rotatable bonds is 6. The molecule has 0 heterocycles. The highest BCUT2D eigenvalue weighted by atomic mass is 16.3. The molecule has 0 amide bonds. The fourth-order valence-electron chi connectivity index (χ4n) is 2.76. The summed E-state index contributed by atoms with van der Waals surface area (Å²) >= 11 is 0. The molecule has 1 fully saturated rings. The Bertz CT molecular complexity index is 162. The third-order valence-corrected chi connectivity index (χ3v) is 3.98. The molecule has 0 unspecified atom stereocenters. The monoisotopic (exact) mass is 213 g/mol. The molecule has 0 saturated heterocycles. The normalized spacial score (nSPS) is 31.8. The summed E-state index contributed by atoms with van der Waals surface area (Å²) in [6.07, 6.45) is 8.63. The zero-order valence-corrected chi connectivity index (χ0v) is 10.4. The Morgan fingerprint density at radius 3 is 2.40 bits per heavy atom. The zero-order chi connectivity index (χ0) is 11.1. The lowest BCUT2D eigenvalue weighted by atomic mass is 9.74. The van der Waals surface area contributed by atoms with Crippen molar-refractivity contribution in [1.29, 1.82) is 0 Å². The highest BCUT2D eigenvalue weighted by molar-refractivity contribution is 4.92. The highest BCUT2D eigenvalue weighted by Crippen LogP contribution is 2.35. The Kier molecular flexibility index (Phi) is 5.62. The molecule has 0 aliphatic heterocycles. The van der Waals surface area contributed by atoms with Gasteiger partial charge in [0.2, 0.25) is 0 Å². The molecule has 2 heteroatoms. The van der Waals surface area contributed by atoms with E-state index in [0.717, 1.165) is 18.9 Å². The fraction of sp³-hybridized carbons (Fsp3) is 1.00. The van der Waals surface area contributed by atoms with E-state index in [4.69, 9.17) is 5.11 Å². The van der Waals surface area contributed by atoms with Gasteiger partial charge in [0.15, 0.2) is 0 Å². The molecule has 0 aromatic heterocycles. The van der Waals surface area contributed by atoms with Crippen molar-refractivity contribution in [3.63, 3.8) is 0 Å². The Balaban J connectivity index is 2.44. The standard InChI is InChI=1S/C13H27NO/c1-3-10-14-13(9-11-15)7-5-12(4-2)6-8-13/h12,14-15H,3-11H2,1-2H3. The molecular weight excluding hydrogens is 186 g/mol. The number of aliphatic hydroxyl groups is 1. The van der Waals surface area contributed by atoms with Gasteiger partial charge in [0, 0.05) is 12.1 Å². The molecule has 1 aliphatic carbocycles. The summed E-state index contributed by atoms with van der Waals surface area (Å²) in [5.74, 6) is 0.931. The van der Waals surface area contributed by atoms with Crippen molar-refractivity contribution in [2.24, 2.45) is 5.92 Å². The zero-order valence-electron chi connectivity index (χ0n) is 10.4. The van der Waals surface area contributed by atoms with Crippen LogP contribution in [-0.4, -0.2) is 23.8 Å². The second-order valence-corrected chi connectivity index (χ2v) is 5.03. The minimum Gasteiger partial charge on any atom is -0.396 e. The van der Waals surface area contributed by atoms with Crippen LogP contribution in [0.1, 0.15) is 58.8 Å². The topological polar surface area (TPSA) is 32.3 Å². The van der Waals surface area contributed by atoms with Crippen LogP contribution in [-0.2, 0) is 0 Å². The Morgan fingerprint density at radius 2 is 1.93 bits per heavy atom. The van der Waals surface area contributed by atoms with Gasteiger partial charge in [0.25, 0.3) is 0 Å². The summed E-state index contributed by atoms with van der Waals surface area (Å²) in [7, 11) is 0. The van der Waals surface area contributed by atoms with Crippen LogP contribution in [0.5, 0.6) is 0 Å². The lowest BCUT2D eigenvalue weighted by Crippen LogP contribution is -2.48. The van der Waals surface area contributed by atoms with Gasteiger partial charge in [-0.05, 0) is 51.0 Å². The van der Waals surface area contributed by atoms with Gasteiger partial charge in [-0.15, -0.1) is 0 Å². The van der Waals surface area contributed by atoms with Crippen molar-refractivity contribution in [2.45, 2.75) is 64.3 Å². The molecule has 0 bridgehead atoms. The summed E-state index contributed by atoms with van der Waals surface area (Å²) in [5, 5.41) is 12.8. The van der Waals surface area contributed by atoms with Gasteiger partial charge in [-0.1, -0.05) is 20.3 Å². The van der Waals surface area contributed by atoms with E-state index < -0.39 is 0 Å². The van der Waals surface area contributed by atoms with Crippen molar-refractivity contribution < 1.29 is 5.11 Å². The summed E-state index contributed by atoms with van der Waals surface area (Å²) < 4.78 is 0. The van der Waals surface area contributed by atoms with Crippen LogP contribution >= 0.6 is 0 Å². The lowest BCUT2D eigenvalue weighted by molar-refractivity contribution is 0.140. The van der Waals surface area contributed by atoms with E-state index in [0.29, 0.717) is 6.61 Å². The molecule has 2 N–H and O–H groups in total. The number of aliphatic hydroxyl groups excluding tert-OH is 1. The Hall–Kier alpha value is -0.0800. The van der Waals surface area contributed by atoms with E-state index in [-0.39, 0.29) is 5.54 Å². The molecule has 0 radical (unpaired) electrons. The third-order valence-electron chi connectivity index (χ3n) is 3.98. The first-order chi connectivity index (χ1) is 7.26. The van der Waals surface area contributed by atoms with Crippen LogP contribution in [0, 0.1) is 5.92 Å². The minimum absolute atomic E-state index is 0.260. The predicted octanol–water partition coefficient (Wildman–Crippen LogP) is 2.71. The smallest absolute Gasteiger partial charge is 0.0448 e. The molecular formula is C13H27NO. The SMILES string of the molecule is CCCNC1(CCO)CCC(CC)CC1. The summed E-state index contributed by atoms with van der Waals surface area (Å²) in [5.41, 5.74) is 0.260. The molecule has 0 spiro atoms. The largest absolute Gasteiger partial charge is 0.396 e. The molecule has 1 rings (SSSR count). The predicted molar refractivity (Wildman–Crippen MR) is 65.0 cm³/mol. The number of hydrogen-bond acceptors (Lipinski definition) is 2. The first-order valence-corrected chi connectivity index (χ1v) is 6.62. The molecule has 1 saturated carbocycles. The van der Waals surface area contributed by atoms with Crippen LogP contribution in [0.3, 0.4) is 0 Å². The van der Waals surface area contributed by atoms with Crippen LogP contribution in [0.25, 0.3) is 0 Å². The van der Waals surface area contributed by atoms with Crippen molar-refractivity contribution in [1.82, 2.24) is 5.32 Å². The van der Waals surface area contributed by atoms with Gasteiger partial charge in [-0.2, -0.15) is 0 Å². The molecule has 90 valence electrons. The van der Waals surface area contributed by atoms with Crippen molar-refractivity contribution in [2.75, 3.05) is 13.2 Å². The maximum atomic E-state index is 9.17. The van der Waals surface area contributed by atoms with Crippen LogP contribution < -0.4 is 5.32 Å². The summed E-state index contributed by atoms with van der Waals surface area (Å²) in [6.45, 7) is 5.92. The van der Waals surface area contributed by atoms with Crippen LogP contribution in [0.2, 0.25) is 0 Å².